The molecule has 0 rings (SSSR count). The van der Waals surface area contributed by atoms with Crippen molar-refractivity contribution in [3.05, 3.63) is 0 Å². The highest BCUT2D eigenvalue weighted by Crippen LogP contribution is 2.30. The predicted octanol–water partition coefficient (Wildman–Crippen LogP) is 15.7. The molecule has 4 heteroatoms. The van der Waals surface area contributed by atoms with E-state index in [1.54, 1.807) is 0 Å². The Hall–Kier alpha value is -0.610. The number of unbranched alkanes of at least 4 members (excludes halogenated alkanes) is 28. The molecular formula is C48H97NO3. The van der Waals surface area contributed by atoms with Crippen LogP contribution in [0.1, 0.15) is 266 Å². The molecule has 0 aromatic carbocycles. The van der Waals surface area contributed by atoms with Crippen molar-refractivity contribution in [3.8, 4) is 0 Å². The molecule has 0 aliphatic rings. The van der Waals surface area contributed by atoms with E-state index < -0.39 is 12.2 Å². The van der Waals surface area contributed by atoms with Crippen LogP contribution in [0.15, 0.2) is 0 Å². The Labute approximate surface area is 327 Å². The van der Waals surface area contributed by atoms with Gasteiger partial charge in [0.2, 0.25) is 0 Å². The first kappa shape index (κ1) is 51.4. The van der Waals surface area contributed by atoms with Crippen LogP contribution < -0.4 is 0 Å². The molecule has 0 bridgehead atoms. The molecule has 4 atom stereocenters. The number of hydrogen-bond acceptors (Lipinski definition) is 3. The Morgan fingerprint density at radius 2 is 0.808 bits per heavy atom. The van der Waals surface area contributed by atoms with Gasteiger partial charge in [0, 0.05) is 25.4 Å². The summed E-state index contributed by atoms with van der Waals surface area (Å²) in [5, 5.41) is 21.4. The fourth-order valence-corrected chi connectivity index (χ4v) is 8.43. The van der Waals surface area contributed by atoms with Gasteiger partial charge in [-0.2, -0.15) is 0 Å². The number of aliphatic carboxylic acids is 1. The predicted molar refractivity (Wildman–Crippen MR) is 230 cm³/mol. The maximum Gasteiger partial charge on any atom is 0.303 e. The molecule has 0 saturated heterocycles. The first-order valence-electron chi connectivity index (χ1n) is 24.0. The minimum Gasteiger partial charge on any atom is -0.481 e. The lowest BCUT2D eigenvalue weighted by molar-refractivity contribution is -0.137. The Morgan fingerprint density at radius 3 is 1.21 bits per heavy atom. The zero-order chi connectivity index (χ0) is 38.3. The van der Waals surface area contributed by atoms with Gasteiger partial charge in [-0.3, -0.25) is 9.69 Å². The van der Waals surface area contributed by atoms with Gasteiger partial charge in [-0.15, -0.1) is 0 Å². The molecule has 0 aliphatic carbocycles. The van der Waals surface area contributed by atoms with E-state index in [-0.39, 0.29) is 12.3 Å². The van der Waals surface area contributed by atoms with E-state index in [0.717, 1.165) is 32.4 Å². The minimum atomic E-state index is -0.695. The summed E-state index contributed by atoms with van der Waals surface area (Å²) in [5.74, 6) is 0.581. The lowest BCUT2D eigenvalue weighted by atomic mass is 9.83. The standard InChI is InChI=1S/C48H97NO3/c1-6-9-12-15-18-20-22-23-24-25-28-31-34-39-45(5)46(40-35-36-41-47(50)51)48(52)49(42-37-32-29-26-21-19-16-13-10-7-2)43-44(4)38-33-30-27-17-14-11-8-3/h44-46,48,52H,6-43H2,1-5H3,(H,50,51). The largest absolute Gasteiger partial charge is 0.481 e. The quantitative estimate of drug-likeness (QED) is 0.0483. The molecule has 2 N–H and O–H groups in total. The molecule has 0 aromatic heterocycles. The number of aliphatic hydroxyl groups is 1. The van der Waals surface area contributed by atoms with Crippen molar-refractivity contribution in [1.82, 2.24) is 4.90 Å². The molecule has 0 aliphatic heterocycles. The van der Waals surface area contributed by atoms with Crippen LogP contribution in [0.3, 0.4) is 0 Å². The third-order valence-corrected chi connectivity index (χ3v) is 12.1. The average molecular weight is 736 g/mol. The van der Waals surface area contributed by atoms with Gasteiger partial charge in [-0.25, -0.2) is 0 Å². The van der Waals surface area contributed by atoms with E-state index in [1.807, 2.05) is 0 Å². The van der Waals surface area contributed by atoms with Gasteiger partial charge >= 0.3 is 5.97 Å². The second-order valence-electron chi connectivity index (χ2n) is 17.4. The molecule has 0 spiro atoms. The molecule has 4 unspecified atom stereocenters. The van der Waals surface area contributed by atoms with Crippen LogP contribution in [0.5, 0.6) is 0 Å². The number of carboxylic acids is 1. The zero-order valence-corrected chi connectivity index (χ0v) is 36.4. The summed E-state index contributed by atoms with van der Waals surface area (Å²) in [5.41, 5.74) is 0. The van der Waals surface area contributed by atoms with Crippen LogP contribution >= 0.6 is 0 Å². The minimum absolute atomic E-state index is 0.222. The molecule has 52 heavy (non-hydrogen) atoms. The first-order valence-corrected chi connectivity index (χ1v) is 24.0. The number of rotatable bonds is 43. The van der Waals surface area contributed by atoms with Gasteiger partial charge in [0.05, 0.1) is 0 Å². The maximum absolute atomic E-state index is 12.1. The molecular weight excluding hydrogens is 639 g/mol. The van der Waals surface area contributed by atoms with E-state index in [2.05, 4.69) is 39.5 Å². The molecule has 4 nitrogen and oxygen atoms in total. The molecule has 0 heterocycles. The van der Waals surface area contributed by atoms with Crippen LogP contribution in [0.2, 0.25) is 0 Å². The van der Waals surface area contributed by atoms with Crippen molar-refractivity contribution in [1.29, 1.82) is 0 Å². The zero-order valence-electron chi connectivity index (χ0n) is 36.4. The van der Waals surface area contributed by atoms with Gasteiger partial charge in [-0.1, -0.05) is 234 Å². The van der Waals surface area contributed by atoms with Crippen molar-refractivity contribution < 1.29 is 15.0 Å². The van der Waals surface area contributed by atoms with Gasteiger partial charge in [-0.05, 0) is 37.5 Å². The van der Waals surface area contributed by atoms with Crippen molar-refractivity contribution in [2.75, 3.05) is 13.1 Å². The van der Waals surface area contributed by atoms with E-state index in [9.17, 15) is 15.0 Å². The Kier molecular flexibility index (Phi) is 39.6. The summed E-state index contributed by atoms with van der Waals surface area (Å²) < 4.78 is 0. The second kappa shape index (κ2) is 40.1. The lowest BCUT2D eigenvalue weighted by Crippen LogP contribution is -2.45. The van der Waals surface area contributed by atoms with Crippen molar-refractivity contribution >= 4 is 5.97 Å². The normalized spacial score (nSPS) is 14.2. The second-order valence-corrected chi connectivity index (χ2v) is 17.4. The highest BCUT2D eigenvalue weighted by molar-refractivity contribution is 5.66. The molecule has 0 saturated carbocycles. The average Bonchev–Trinajstić information content (AvgIpc) is 3.13. The van der Waals surface area contributed by atoms with Gasteiger partial charge < -0.3 is 10.2 Å². The fraction of sp³-hybridized carbons (Fsp3) is 0.979. The number of aliphatic hydroxyl groups excluding tert-OH is 1. The van der Waals surface area contributed by atoms with Crippen LogP contribution in [0, 0.1) is 17.8 Å². The summed E-state index contributed by atoms with van der Waals surface area (Å²) in [6, 6.07) is 0. The van der Waals surface area contributed by atoms with Crippen LogP contribution in [-0.2, 0) is 4.79 Å². The number of carbonyl (C=O) groups is 1. The smallest absolute Gasteiger partial charge is 0.303 e. The number of nitrogens with zero attached hydrogens (tertiary/aromatic N) is 1. The van der Waals surface area contributed by atoms with E-state index in [4.69, 9.17) is 0 Å². The number of carboxylic acid groups (broad SMARTS) is 1. The Morgan fingerprint density at radius 1 is 0.462 bits per heavy atom. The fourth-order valence-electron chi connectivity index (χ4n) is 8.43. The lowest BCUT2D eigenvalue weighted by Gasteiger charge is -2.38. The summed E-state index contributed by atoms with van der Waals surface area (Å²) in [6.07, 6.45) is 45.6. The summed E-state index contributed by atoms with van der Waals surface area (Å²) >= 11 is 0. The first-order chi connectivity index (χ1) is 25.4. The third-order valence-electron chi connectivity index (χ3n) is 12.1. The van der Waals surface area contributed by atoms with E-state index in [1.165, 1.54) is 205 Å². The Balaban J connectivity index is 5.03. The monoisotopic (exact) mass is 736 g/mol. The molecule has 0 radical (unpaired) electrons. The third kappa shape index (κ3) is 33.9. The summed E-state index contributed by atoms with van der Waals surface area (Å²) in [7, 11) is 0. The topological polar surface area (TPSA) is 60.8 Å². The van der Waals surface area contributed by atoms with Gasteiger partial charge in [0.1, 0.15) is 6.23 Å². The number of hydrogen-bond donors (Lipinski definition) is 2. The van der Waals surface area contributed by atoms with Crippen molar-refractivity contribution in [2.45, 2.75) is 272 Å². The molecule has 0 fully saturated rings. The van der Waals surface area contributed by atoms with Gasteiger partial charge in [0.25, 0.3) is 0 Å². The maximum atomic E-state index is 12.1. The van der Waals surface area contributed by atoms with Crippen molar-refractivity contribution in [2.24, 2.45) is 17.8 Å². The van der Waals surface area contributed by atoms with Crippen LogP contribution in [-0.4, -0.2) is 40.4 Å². The molecule has 0 aromatic rings. The highest BCUT2D eigenvalue weighted by Gasteiger charge is 2.30. The summed E-state index contributed by atoms with van der Waals surface area (Å²) in [6.45, 7) is 13.7. The Bertz CT molecular complexity index is 714. The van der Waals surface area contributed by atoms with Crippen molar-refractivity contribution in [3.63, 3.8) is 0 Å². The SMILES string of the molecule is CCCCCCCCCCCCCCCC(C)C(CCCCC(=O)O)C(O)N(CCCCCCCCCCCC)CC(C)CCCCCCCCC. The van der Waals surface area contributed by atoms with E-state index in [0.29, 0.717) is 11.8 Å². The van der Waals surface area contributed by atoms with Crippen LogP contribution in [0.4, 0.5) is 0 Å². The van der Waals surface area contributed by atoms with Gasteiger partial charge in [0.15, 0.2) is 0 Å². The summed E-state index contributed by atoms with van der Waals surface area (Å²) in [4.78, 5) is 13.7. The van der Waals surface area contributed by atoms with E-state index >= 15 is 0 Å². The molecule has 312 valence electrons. The molecule has 0 amide bonds. The highest BCUT2D eigenvalue weighted by atomic mass is 16.4. The van der Waals surface area contributed by atoms with Crippen LogP contribution in [0.25, 0.3) is 0 Å².